The zero-order chi connectivity index (χ0) is 16.8. The number of benzene rings is 2. The molecule has 0 aliphatic rings. The highest BCUT2D eigenvalue weighted by Gasteiger charge is 2.26. The number of hydrogen-bond acceptors (Lipinski definition) is 5. The van der Waals surface area contributed by atoms with Crippen LogP contribution in [0.5, 0.6) is 0 Å². The van der Waals surface area contributed by atoms with Crippen LogP contribution >= 0.6 is 0 Å². The fourth-order valence-corrected chi connectivity index (χ4v) is 2.16. The summed E-state index contributed by atoms with van der Waals surface area (Å²) in [4.78, 5) is 21.9. The molecule has 0 bridgehead atoms. The van der Waals surface area contributed by atoms with Crippen LogP contribution in [0.1, 0.15) is 24.2 Å². The molecule has 0 aromatic heterocycles. The third-order valence-electron chi connectivity index (χ3n) is 3.41. The van der Waals surface area contributed by atoms with E-state index in [4.69, 9.17) is 4.74 Å². The van der Waals surface area contributed by atoms with Gasteiger partial charge in [-0.3, -0.25) is 14.9 Å². The van der Waals surface area contributed by atoms with Crippen molar-refractivity contribution in [3.63, 3.8) is 0 Å². The second-order valence-electron chi connectivity index (χ2n) is 5.12. The van der Waals surface area contributed by atoms with E-state index in [1.165, 1.54) is 31.2 Å². The topological polar surface area (TPSA) is 89.7 Å². The summed E-state index contributed by atoms with van der Waals surface area (Å²) in [6.07, 6.45) is -2.21. The average molecular weight is 315 g/mol. The molecular weight excluding hydrogens is 298 g/mol. The molecule has 23 heavy (non-hydrogen) atoms. The van der Waals surface area contributed by atoms with Crippen LogP contribution in [0.15, 0.2) is 54.6 Å². The Morgan fingerprint density at radius 1 is 1.17 bits per heavy atom. The molecule has 0 aliphatic carbocycles. The summed E-state index contributed by atoms with van der Waals surface area (Å²) in [5, 5.41) is 21.0. The maximum absolute atomic E-state index is 11.8. The third kappa shape index (κ3) is 4.45. The molecule has 0 spiro atoms. The zero-order valence-corrected chi connectivity index (χ0v) is 12.6. The van der Waals surface area contributed by atoms with Crippen molar-refractivity contribution in [2.75, 3.05) is 0 Å². The molecule has 0 heterocycles. The molecular formula is C17H17NO5. The van der Waals surface area contributed by atoms with E-state index in [0.717, 1.165) is 5.56 Å². The maximum atomic E-state index is 11.8. The molecule has 2 atom stereocenters. The minimum Gasteiger partial charge on any atom is -0.385 e. The van der Waals surface area contributed by atoms with E-state index < -0.39 is 17.1 Å². The average Bonchev–Trinajstić information content (AvgIpc) is 2.55. The number of non-ortho nitro benzene ring substituents is 1. The van der Waals surface area contributed by atoms with E-state index in [2.05, 4.69) is 0 Å². The van der Waals surface area contributed by atoms with Crippen molar-refractivity contribution in [2.24, 2.45) is 0 Å². The predicted octanol–water partition coefficient (Wildman–Crippen LogP) is 2.80. The molecule has 1 N–H and O–H groups in total. The number of aliphatic hydroxyl groups is 1. The summed E-state index contributed by atoms with van der Waals surface area (Å²) in [6.45, 7) is 1.53. The van der Waals surface area contributed by atoms with Gasteiger partial charge in [-0.25, -0.2) is 0 Å². The van der Waals surface area contributed by atoms with Crippen molar-refractivity contribution < 1.29 is 19.6 Å². The van der Waals surface area contributed by atoms with Crippen molar-refractivity contribution in [2.45, 2.75) is 25.7 Å². The number of ketones is 1. The number of nitro groups is 1. The van der Waals surface area contributed by atoms with Crippen LogP contribution in [-0.4, -0.2) is 21.9 Å². The highest BCUT2D eigenvalue weighted by atomic mass is 16.6. The molecule has 2 rings (SSSR count). The van der Waals surface area contributed by atoms with Crippen molar-refractivity contribution >= 4 is 11.5 Å². The van der Waals surface area contributed by atoms with Gasteiger partial charge in [0.15, 0.2) is 5.78 Å². The Kier molecular flexibility index (Phi) is 5.56. The highest BCUT2D eigenvalue weighted by Crippen LogP contribution is 2.23. The smallest absolute Gasteiger partial charge is 0.269 e. The standard InChI is InChI=1S/C17H17NO5/c1-12(19)17(23-11-13-5-3-2-4-6-13)16(20)14-7-9-15(10-8-14)18(21)22/h2-10,16-17,20H,11H2,1H3/t16-,17+/m1/s1. The molecule has 0 saturated heterocycles. The molecule has 0 saturated carbocycles. The fraction of sp³-hybridized carbons (Fsp3) is 0.235. The van der Waals surface area contributed by atoms with E-state index in [0.29, 0.717) is 5.56 Å². The maximum Gasteiger partial charge on any atom is 0.269 e. The Bertz CT molecular complexity index is 669. The number of nitrogens with zero attached hydrogens (tertiary/aromatic N) is 1. The number of nitro benzene ring substituents is 1. The fourth-order valence-electron chi connectivity index (χ4n) is 2.16. The summed E-state index contributed by atoms with van der Waals surface area (Å²) in [5.41, 5.74) is 1.20. The number of ether oxygens (including phenoxy) is 1. The first-order chi connectivity index (χ1) is 11.0. The molecule has 6 nitrogen and oxygen atoms in total. The third-order valence-corrected chi connectivity index (χ3v) is 3.41. The first-order valence-corrected chi connectivity index (χ1v) is 7.07. The summed E-state index contributed by atoms with van der Waals surface area (Å²) in [7, 11) is 0. The minimum atomic E-state index is -1.18. The van der Waals surface area contributed by atoms with Crippen LogP contribution in [0.3, 0.4) is 0 Å². The van der Waals surface area contributed by atoms with Gasteiger partial charge in [0.25, 0.3) is 5.69 Å². The van der Waals surface area contributed by atoms with E-state index >= 15 is 0 Å². The lowest BCUT2D eigenvalue weighted by Crippen LogP contribution is -2.29. The van der Waals surface area contributed by atoms with Gasteiger partial charge in [0.1, 0.15) is 12.2 Å². The van der Waals surface area contributed by atoms with Gasteiger partial charge in [-0.1, -0.05) is 30.3 Å². The Hall–Kier alpha value is -2.57. The predicted molar refractivity (Wildman–Crippen MR) is 83.8 cm³/mol. The lowest BCUT2D eigenvalue weighted by atomic mass is 10.0. The van der Waals surface area contributed by atoms with Crippen molar-refractivity contribution in [3.8, 4) is 0 Å². The van der Waals surface area contributed by atoms with Gasteiger partial charge in [-0.2, -0.15) is 0 Å². The quantitative estimate of drug-likeness (QED) is 0.627. The summed E-state index contributed by atoms with van der Waals surface area (Å²) < 4.78 is 5.55. The minimum absolute atomic E-state index is 0.0782. The van der Waals surface area contributed by atoms with Gasteiger partial charge in [-0.05, 0) is 30.2 Å². The van der Waals surface area contributed by atoms with Gasteiger partial charge < -0.3 is 9.84 Å². The highest BCUT2D eigenvalue weighted by molar-refractivity contribution is 5.81. The largest absolute Gasteiger partial charge is 0.385 e. The number of aliphatic hydroxyl groups excluding tert-OH is 1. The molecule has 0 unspecified atom stereocenters. The number of hydrogen-bond donors (Lipinski definition) is 1. The van der Waals surface area contributed by atoms with Gasteiger partial charge in [-0.15, -0.1) is 0 Å². The number of Topliss-reactive ketones (excluding diaryl/α,β-unsaturated/α-hetero) is 1. The second-order valence-corrected chi connectivity index (χ2v) is 5.12. The zero-order valence-electron chi connectivity index (χ0n) is 12.6. The lowest BCUT2D eigenvalue weighted by molar-refractivity contribution is -0.384. The Morgan fingerprint density at radius 3 is 2.30 bits per heavy atom. The molecule has 0 radical (unpaired) electrons. The van der Waals surface area contributed by atoms with E-state index in [-0.39, 0.29) is 18.1 Å². The van der Waals surface area contributed by atoms with Crippen LogP contribution in [0.2, 0.25) is 0 Å². The summed E-state index contributed by atoms with van der Waals surface area (Å²) in [5.74, 6) is -0.313. The molecule has 120 valence electrons. The van der Waals surface area contributed by atoms with Crippen LogP contribution < -0.4 is 0 Å². The van der Waals surface area contributed by atoms with E-state index in [9.17, 15) is 20.0 Å². The molecule has 0 aliphatic heterocycles. The Labute approximate surface area is 133 Å². The first-order valence-electron chi connectivity index (χ1n) is 7.07. The van der Waals surface area contributed by atoms with E-state index in [1.807, 2.05) is 30.3 Å². The van der Waals surface area contributed by atoms with Gasteiger partial charge in [0.05, 0.1) is 11.5 Å². The SMILES string of the molecule is CC(=O)[C@H](OCc1ccccc1)[C@H](O)c1ccc([N+](=O)[O-])cc1. The van der Waals surface area contributed by atoms with Crippen molar-refractivity contribution in [3.05, 3.63) is 75.8 Å². The summed E-state index contributed by atoms with van der Waals surface area (Å²) in [6, 6.07) is 14.7. The van der Waals surface area contributed by atoms with Gasteiger partial charge in [0, 0.05) is 12.1 Å². The van der Waals surface area contributed by atoms with Gasteiger partial charge >= 0.3 is 0 Å². The van der Waals surface area contributed by atoms with Crippen molar-refractivity contribution in [1.29, 1.82) is 0 Å². The Balaban J connectivity index is 2.10. The second kappa shape index (κ2) is 7.62. The molecule has 0 fully saturated rings. The molecule has 2 aromatic carbocycles. The molecule has 0 amide bonds. The van der Waals surface area contributed by atoms with Crippen LogP contribution in [-0.2, 0) is 16.1 Å². The number of rotatable bonds is 7. The van der Waals surface area contributed by atoms with Gasteiger partial charge in [0.2, 0.25) is 0 Å². The van der Waals surface area contributed by atoms with Crippen LogP contribution in [0, 0.1) is 10.1 Å². The number of carbonyl (C=O) groups excluding carboxylic acids is 1. The lowest BCUT2D eigenvalue weighted by Gasteiger charge is -2.21. The number of carbonyl (C=O) groups is 1. The van der Waals surface area contributed by atoms with E-state index in [1.54, 1.807) is 0 Å². The summed E-state index contributed by atoms with van der Waals surface area (Å²) >= 11 is 0. The molecule has 6 heteroatoms. The Morgan fingerprint density at radius 2 is 1.78 bits per heavy atom. The van der Waals surface area contributed by atoms with Crippen molar-refractivity contribution in [1.82, 2.24) is 0 Å². The first kappa shape index (κ1) is 16.8. The normalized spacial score (nSPS) is 13.3. The van der Waals surface area contributed by atoms with Crippen LogP contribution in [0.25, 0.3) is 0 Å². The monoisotopic (exact) mass is 315 g/mol. The van der Waals surface area contributed by atoms with Crippen LogP contribution in [0.4, 0.5) is 5.69 Å². The molecule has 2 aromatic rings.